The van der Waals surface area contributed by atoms with E-state index in [1.165, 1.54) is 11.8 Å². The second-order valence-corrected chi connectivity index (χ2v) is 6.94. The molecule has 0 radical (unpaired) electrons. The Balaban J connectivity index is 0.000000212. The largest absolute Gasteiger partial charge is 0.262 e. The minimum atomic E-state index is -0.479. The van der Waals surface area contributed by atoms with E-state index in [2.05, 4.69) is 9.98 Å². The summed E-state index contributed by atoms with van der Waals surface area (Å²) in [7, 11) is 0. The molecule has 2 aromatic carbocycles. The molecule has 0 N–H and O–H groups in total. The van der Waals surface area contributed by atoms with Crippen molar-refractivity contribution in [3.63, 3.8) is 0 Å². The van der Waals surface area contributed by atoms with Crippen LogP contribution in [0.1, 0.15) is 37.0 Å². The van der Waals surface area contributed by atoms with E-state index in [1.54, 1.807) is 24.4 Å². The summed E-state index contributed by atoms with van der Waals surface area (Å²) in [5, 5.41) is 0. The van der Waals surface area contributed by atoms with Crippen LogP contribution >= 0.6 is 0 Å². The molecule has 0 bridgehead atoms. The van der Waals surface area contributed by atoms with Crippen molar-refractivity contribution < 1.29 is 13.2 Å². The molecule has 0 unspecified atom stereocenters. The molecule has 166 valence electrons. The number of halogens is 3. The first-order chi connectivity index (χ1) is 15.4. The Morgan fingerprint density at radius 2 is 1.31 bits per heavy atom. The van der Waals surface area contributed by atoms with Gasteiger partial charge < -0.3 is 0 Å². The van der Waals surface area contributed by atoms with Crippen LogP contribution in [0.5, 0.6) is 0 Å². The zero-order valence-corrected chi connectivity index (χ0v) is 18.7. The first kappa shape index (κ1) is 24.8. The third kappa shape index (κ3) is 7.05. The quantitative estimate of drug-likeness (QED) is 0.397. The van der Waals surface area contributed by atoms with Crippen molar-refractivity contribution in [2.45, 2.75) is 34.1 Å². The van der Waals surface area contributed by atoms with Crippen LogP contribution in [0, 0.1) is 19.7 Å². The number of aromatic nitrogens is 1. The van der Waals surface area contributed by atoms with Gasteiger partial charge in [-0.05, 0) is 31.0 Å². The lowest BCUT2D eigenvalue weighted by Gasteiger charge is -2.06. The molecule has 4 rings (SSSR count). The van der Waals surface area contributed by atoms with Gasteiger partial charge in [0.25, 0.3) is 0 Å². The number of aliphatic imine (C=N–C) groups is 1. The smallest absolute Gasteiger partial charge is 0.149 e. The summed E-state index contributed by atoms with van der Waals surface area (Å²) >= 11 is 0. The molecule has 1 aliphatic heterocycles. The Kier molecular flexibility index (Phi) is 9.61. The van der Waals surface area contributed by atoms with Crippen molar-refractivity contribution in [3.8, 4) is 11.1 Å². The molecule has 2 heterocycles. The fourth-order valence-corrected chi connectivity index (χ4v) is 2.90. The van der Waals surface area contributed by atoms with Crippen molar-refractivity contribution in [3.05, 3.63) is 107 Å². The van der Waals surface area contributed by atoms with E-state index in [1.807, 2.05) is 64.1 Å². The highest BCUT2D eigenvalue weighted by Gasteiger charge is 2.12. The van der Waals surface area contributed by atoms with E-state index in [4.69, 9.17) is 0 Å². The average Bonchev–Trinajstić information content (AvgIpc) is 2.97. The molecule has 5 heteroatoms. The van der Waals surface area contributed by atoms with Gasteiger partial charge in [-0.25, -0.2) is 13.2 Å². The Morgan fingerprint density at radius 3 is 1.88 bits per heavy atom. The summed E-state index contributed by atoms with van der Waals surface area (Å²) < 4.78 is 40.1. The maximum absolute atomic E-state index is 13.6. The maximum Gasteiger partial charge on any atom is 0.149 e. The van der Waals surface area contributed by atoms with Gasteiger partial charge in [-0.15, -0.1) is 0 Å². The zero-order valence-electron chi connectivity index (χ0n) is 18.7. The summed E-state index contributed by atoms with van der Waals surface area (Å²) in [6, 6.07) is 16.8. The molecular weight excluding hydrogens is 409 g/mol. The van der Waals surface area contributed by atoms with E-state index in [0.29, 0.717) is 16.7 Å². The number of allylic oxidation sites excluding steroid dienone is 3. The fourth-order valence-electron chi connectivity index (χ4n) is 2.90. The lowest BCUT2D eigenvalue weighted by Crippen LogP contribution is -1.89. The maximum atomic E-state index is 13.6. The Bertz CT molecular complexity index is 1100. The van der Waals surface area contributed by atoms with Gasteiger partial charge >= 0.3 is 0 Å². The Hall–Kier alpha value is -3.47. The molecule has 0 saturated carbocycles. The van der Waals surface area contributed by atoms with Gasteiger partial charge in [-0.1, -0.05) is 73.5 Å². The third-order valence-electron chi connectivity index (χ3n) is 4.57. The summed E-state index contributed by atoms with van der Waals surface area (Å²) in [5.74, 6) is -1.19. The van der Waals surface area contributed by atoms with E-state index in [9.17, 15) is 13.2 Å². The molecule has 0 atom stereocenters. The van der Waals surface area contributed by atoms with Crippen LogP contribution in [0.25, 0.3) is 16.7 Å². The summed E-state index contributed by atoms with van der Waals surface area (Å²) in [5.41, 5.74) is 4.77. The van der Waals surface area contributed by atoms with E-state index in [0.717, 1.165) is 23.5 Å². The topological polar surface area (TPSA) is 25.2 Å². The lowest BCUT2D eigenvalue weighted by molar-refractivity contribution is 0.614. The Labute approximate surface area is 187 Å². The summed E-state index contributed by atoms with van der Waals surface area (Å²) in [6.45, 7) is 7.95. The second kappa shape index (κ2) is 12.4. The van der Waals surface area contributed by atoms with Gasteiger partial charge in [0, 0.05) is 23.8 Å². The van der Waals surface area contributed by atoms with Crippen LogP contribution < -0.4 is 0 Å². The van der Waals surface area contributed by atoms with Crippen LogP contribution in [0.3, 0.4) is 0 Å². The first-order valence-electron chi connectivity index (χ1n) is 10.4. The van der Waals surface area contributed by atoms with E-state index < -0.39 is 11.7 Å². The van der Waals surface area contributed by atoms with Crippen LogP contribution in [0.2, 0.25) is 0 Å². The van der Waals surface area contributed by atoms with Gasteiger partial charge in [0.05, 0.1) is 18.6 Å². The molecule has 0 saturated heterocycles. The molecule has 1 aliphatic rings. The first-order valence-corrected chi connectivity index (χ1v) is 10.4. The number of nitrogens with zero attached hydrogens (tertiary/aromatic N) is 2. The summed E-state index contributed by atoms with van der Waals surface area (Å²) in [4.78, 5) is 7.24. The highest BCUT2D eigenvalue weighted by atomic mass is 19.1. The van der Waals surface area contributed by atoms with Crippen LogP contribution in [-0.4, -0.2) is 11.2 Å². The number of benzene rings is 2. The van der Waals surface area contributed by atoms with Crippen molar-refractivity contribution in [2.75, 3.05) is 0 Å². The van der Waals surface area contributed by atoms with Crippen molar-refractivity contribution in [1.82, 2.24) is 4.98 Å². The molecule has 0 fully saturated rings. The number of aryl methyl sites for hydroxylation is 2. The standard InChI is InChI=1S/C13H11F2N.C12H10FN.C2H6/c1-9-2-4-10(5-3-9)12-6-11(14)7-16-8-13(12)15;1-9-2-4-10(5-3-9)11-6-7-14-8-12(11)13;1-2/h2-5,7-8H,6H2,1H3;2-8H,1H3;1-2H3. The Morgan fingerprint density at radius 1 is 0.750 bits per heavy atom. The van der Waals surface area contributed by atoms with Crippen molar-refractivity contribution >= 4 is 11.8 Å². The molecule has 3 aromatic rings. The van der Waals surface area contributed by atoms with Crippen LogP contribution in [0.15, 0.2) is 89.8 Å². The SMILES string of the molecule is CC.Cc1ccc(-c2ccncc2F)cc1.Cc1ccc(C2=C(F)C=NC=C(F)C2)cc1. The van der Waals surface area contributed by atoms with E-state index >= 15 is 0 Å². The van der Waals surface area contributed by atoms with Crippen LogP contribution in [0.4, 0.5) is 13.2 Å². The predicted molar refractivity (Wildman–Crippen MR) is 127 cm³/mol. The average molecular weight is 437 g/mol. The molecular formula is C27H27F3N2. The zero-order chi connectivity index (χ0) is 23.5. The van der Waals surface area contributed by atoms with Crippen molar-refractivity contribution in [2.24, 2.45) is 4.99 Å². The summed E-state index contributed by atoms with van der Waals surface area (Å²) in [6.07, 6.45) is 4.87. The predicted octanol–water partition coefficient (Wildman–Crippen LogP) is 8.18. The highest BCUT2D eigenvalue weighted by Crippen LogP contribution is 2.28. The van der Waals surface area contributed by atoms with Crippen LogP contribution in [-0.2, 0) is 0 Å². The normalized spacial score (nSPS) is 12.7. The van der Waals surface area contributed by atoms with Gasteiger partial charge in [-0.2, -0.15) is 0 Å². The van der Waals surface area contributed by atoms with Gasteiger partial charge in [0.1, 0.15) is 17.5 Å². The molecule has 0 aliphatic carbocycles. The highest BCUT2D eigenvalue weighted by molar-refractivity contribution is 5.90. The van der Waals surface area contributed by atoms with Gasteiger partial charge in [0.2, 0.25) is 0 Å². The number of hydrogen-bond acceptors (Lipinski definition) is 2. The van der Waals surface area contributed by atoms with Crippen molar-refractivity contribution in [1.29, 1.82) is 0 Å². The fraction of sp³-hybridized carbons (Fsp3) is 0.185. The molecule has 0 amide bonds. The van der Waals surface area contributed by atoms with E-state index in [-0.39, 0.29) is 12.2 Å². The number of hydrogen-bond donors (Lipinski definition) is 0. The second-order valence-electron chi connectivity index (χ2n) is 6.94. The van der Waals surface area contributed by atoms with Gasteiger partial charge in [0.15, 0.2) is 0 Å². The molecule has 32 heavy (non-hydrogen) atoms. The minimum Gasteiger partial charge on any atom is -0.262 e. The monoisotopic (exact) mass is 436 g/mol. The minimum absolute atomic E-state index is 0.0467. The molecule has 0 spiro atoms. The lowest BCUT2D eigenvalue weighted by atomic mass is 10.0. The van der Waals surface area contributed by atoms with Gasteiger partial charge in [-0.3, -0.25) is 9.98 Å². The third-order valence-corrected chi connectivity index (χ3v) is 4.57. The molecule has 2 nitrogen and oxygen atoms in total. The number of rotatable bonds is 2. The molecule has 1 aromatic heterocycles. The number of pyridine rings is 1.